The summed E-state index contributed by atoms with van der Waals surface area (Å²) in [6, 6.07) is 11.4. The number of hydrogen-bond donors (Lipinski definition) is 2. The molecule has 27 heavy (non-hydrogen) atoms. The third-order valence-corrected chi connectivity index (χ3v) is 4.88. The van der Waals surface area contributed by atoms with Crippen molar-refractivity contribution in [1.82, 2.24) is 15.0 Å². The maximum Gasteiger partial charge on any atom is 0.348 e. The molecule has 0 saturated heterocycles. The third-order valence-electron chi connectivity index (χ3n) is 3.80. The summed E-state index contributed by atoms with van der Waals surface area (Å²) in [6.07, 6.45) is 1.99. The number of ether oxygens (including phenoxy) is 1. The fourth-order valence-corrected chi connectivity index (χ4v) is 3.51. The van der Waals surface area contributed by atoms with Gasteiger partial charge in [0.1, 0.15) is 4.88 Å². The van der Waals surface area contributed by atoms with Crippen molar-refractivity contribution in [2.75, 3.05) is 11.1 Å². The van der Waals surface area contributed by atoms with Crippen molar-refractivity contribution in [3.05, 3.63) is 57.5 Å². The van der Waals surface area contributed by atoms with Crippen molar-refractivity contribution in [2.45, 2.75) is 33.3 Å². The fourth-order valence-electron chi connectivity index (χ4n) is 2.55. The Morgan fingerprint density at radius 2 is 2.00 bits per heavy atom. The SMILES string of the molecule is CCCc1cc(C(=O)OCc2nc(N)nc(Nc3ccccc3)n2)sc1C. The molecule has 2 heterocycles. The van der Waals surface area contributed by atoms with Crippen LogP contribution in [0.15, 0.2) is 36.4 Å². The Morgan fingerprint density at radius 3 is 2.74 bits per heavy atom. The molecule has 0 atom stereocenters. The lowest BCUT2D eigenvalue weighted by molar-refractivity contribution is 0.0468. The summed E-state index contributed by atoms with van der Waals surface area (Å²) in [7, 11) is 0. The molecule has 0 saturated carbocycles. The van der Waals surface area contributed by atoms with Crippen LogP contribution in [-0.2, 0) is 17.8 Å². The maximum atomic E-state index is 12.3. The Labute approximate surface area is 161 Å². The number of nitrogen functional groups attached to an aromatic ring is 1. The highest BCUT2D eigenvalue weighted by atomic mass is 32.1. The molecule has 0 unspecified atom stereocenters. The second-order valence-corrected chi connectivity index (χ2v) is 7.20. The Bertz CT molecular complexity index is 927. The summed E-state index contributed by atoms with van der Waals surface area (Å²) >= 11 is 1.44. The molecule has 3 rings (SSSR count). The first-order chi connectivity index (χ1) is 13.0. The van der Waals surface area contributed by atoms with Gasteiger partial charge in [-0.3, -0.25) is 0 Å². The van der Waals surface area contributed by atoms with Crippen molar-refractivity contribution in [3.8, 4) is 0 Å². The van der Waals surface area contributed by atoms with Gasteiger partial charge in [-0.15, -0.1) is 11.3 Å². The number of thiophene rings is 1. The second-order valence-electron chi connectivity index (χ2n) is 5.94. The fraction of sp³-hybridized carbons (Fsp3) is 0.263. The first-order valence-electron chi connectivity index (χ1n) is 8.64. The summed E-state index contributed by atoms with van der Waals surface area (Å²) < 4.78 is 5.36. The molecule has 3 aromatic rings. The first-order valence-corrected chi connectivity index (χ1v) is 9.45. The Balaban J connectivity index is 1.67. The minimum absolute atomic E-state index is 0.0617. The standard InChI is InChI=1S/C19H21N5O2S/c1-3-7-13-10-15(27-12(13)2)17(25)26-11-16-22-18(20)24-19(23-16)21-14-8-5-4-6-9-14/h4-6,8-10H,3,7,11H2,1-2H3,(H3,20,21,22,23,24). The number of rotatable bonds is 7. The summed E-state index contributed by atoms with van der Waals surface area (Å²) in [6.45, 7) is 4.05. The van der Waals surface area contributed by atoms with Gasteiger partial charge in [0.25, 0.3) is 0 Å². The van der Waals surface area contributed by atoms with Crippen molar-refractivity contribution >= 4 is 34.9 Å². The topological polar surface area (TPSA) is 103 Å². The molecule has 3 N–H and O–H groups in total. The van der Waals surface area contributed by atoms with Gasteiger partial charge in [-0.25, -0.2) is 4.79 Å². The van der Waals surface area contributed by atoms with E-state index in [1.807, 2.05) is 43.3 Å². The minimum atomic E-state index is -0.387. The van der Waals surface area contributed by atoms with Gasteiger partial charge in [0.15, 0.2) is 12.4 Å². The van der Waals surface area contributed by atoms with Gasteiger partial charge in [-0.05, 0) is 37.1 Å². The number of aromatic nitrogens is 3. The summed E-state index contributed by atoms with van der Waals surface area (Å²) in [5, 5.41) is 3.05. The van der Waals surface area contributed by atoms with Crippen molar-refractivity contribution in [1.29, 1.82) is 0 Å². The van der Waals surface area contributed by atoms with E-state index in [0.717, 1.165) is 23.4 Å². The van der Waals surface area contributed by atoms with Crippen LogP contribution in [0, 0.1) is 6.92 Å². The summed E-state index contributed by atoms with van der Waals surface area (Å²) in [5.74, 6) is 0.266. The van der Waals surface area contributed by atoms with Crippen LogP contribution in [-0.4, -0.2) is 20.9 Å². The van der Waals surface area contributed by atoms with E-state index < -0.39 is 0 Å². The van der Waals surface area contributed by atoms with E-state index in [2.05, 4.69) is 27.2 Å². The molecule has 0 aliphatic rings. The number of nitrogens with two attached hydrogens (primary N) is 1. The van der Waals surface area contributed by atoms with E-state index in [0.29, 0.717) is 10.8 Å². The van der Waals surface area contributed by atoms with Crippen molar-refractivity contribution in [2.24, 2.45) is 0 Å². The van der Waals surface area contributed by atoms with Gasteiger partial charge in [0.05, 0.1) is 0 Å². The molecule has 0 spiro atoms. The summed E-state index contributed by atoms with van der Waals surface area (Å²) in [4.78, 5) is 26.4. The Hall–Kier alpha value is -3.00. The van der Waals surface area contributed by atoms with E-state index in [9.17, 15) is 4.79 Å². The first kappa shape index (κ1) is 18.8. The van der Waals surface area contributed by atoms with Gasteiger partial charge in [0.2, 0.25) is 11.9 Å². The smallest absolute Gasteiger partial charge is 0.348 e. The Kier molecular flexibility index (Phi) is 5.97. The molecule has 0 radical (unpaired) electrons. The number of esters is 1. The monoisotopic (exact) mass is 383 g/mol. The number of para-hydroxylation sites is 1. The zero-order valence-corrected chi connectivity index (χ0v) is 16.0. The van der Waals surface area contributed by atoms with Gasteiger partial charge in [-0.2, -0.15) is 15.0 Å². The number of nitrogens with zero attached hydrogens (tertiary/aromatic N) is 3. The Morgan fingerprint density at radius 1 is 1.22 bits per heavy atom. The molecule has 0 amide bonds. The lowest BCUT2D eigenvalue weighted by Crippen LogP contribution is -2.10. The maximum absolute atomic E-state index is 12.3. The number of benzene rings is 1. The van der Waals surface area contributed by atoms with Crippen LogP contribution < -0.4 is 11.1 Å². The van der Waals surface area contributed by atoms with E-state index in [1.165, 1.54) is 16.9 Å². The molecular weight excluding hydrogens is 362 g/mol. The van der Waals surface area contributed by atoms with Gasteiger partial charge < -0.3 is 15.8 Å². The average molecular weight is 383 g/mol. The largest absolute Gasteiger partial charge is 0.453 e. The summed E-state index contributed by atoms with van der Waals surface area (Å²) in [5.41, 5.74) is 7.76. The molecule has 0 aliphatic carbocycles. The third kappa shape index (κ3) is 5.01. The average Bonchev–Trinajstić information content (AvgIpc) is 3.01. The lowest BCUT2D eigenvalue weighted by atomic mass is 10.1. The quantitative estimate of drug-likeness (QED) is 0.597. The van der Waals surface area contributed by atoms with Crippen LogP contribution in [0.1, 0.15) is 39.3 Å². The zero-order chi connectivity index (χ0) is 19.2. The van der Waals surface area contributed by atoms with Crippen LogP contribution in [0.25, 0.3) is 0 Å². The highest BCUT2D eigenvalue weighted by Gasteiger charge is 2.15. The number of carbonyl (C=O) groups is 1. The molecule has 2 aromatic heterocycles. The number of carbonyl (C=O) groups excluding carboxylic acids is 1. The van der Waals surface area contributed by atoms with E-state index in [-0.39, 0.29) is 24.3 Å². The molecule has 1 aromatic carbocycles. The minimum Gasteiger partial charge on any atom is -0.453 e. The molecule has 0 aliphatic heterocycles. The molecule has 140 valence electrons. The molecule has 8 heteroatoms. The van der Waals surface area contributed by atoms with Gasteiger partial charge >= 0.3 is 5.97 Å². The van der Waals surface area contributed by atoms with Gasteiger partial charge in [-0.1, -0.05) is 31.5 Å². The molecule has 7 nitrogen and oxygen atoms in total. The van der Waals surface area contributed by atoms with Gasteiger partial charge in [0, 0.05) is 10.6 Å². The zero-order valence-electron chi connectivity index (χ0n) is 15.2. The molecule has 0 fully saturated rings. The molecular formula is C19H21N5O2S. The number of nitrogens with one attached hydrogen (secondary N) is 1. The number of aryl methyl sites for hydroxylation is 2. The van der Waals surface area contributed by atoms with E-state index >= 15 is 0 Å². The predicted molar refractivity (Wildman–Crippen MR) is 106 cm³/mol. The predicted octanol–water partition coefficient (Wildman–Crippen LogP) is 3.88. The second kappa shape index (κ2) is 8.59. The molecule has 0 bridgehead atoms. The van der Waals surface area contributed by atoms with Crippen LogP contribution in [0.4, 0.5) is 17.6 Å². The van der Waals surface area contributed by atoms with E-state index in [4.69, 9.17) is 10.5 Å². The van der Waals surface area contributed by atoms with Crippen LogP contribution >= 0.6 is 11.3 Å². The van der Waals surface area contributed by atoms with Crippen LogP contribution in [0.5, 0.6) is 0 Å². The normalized spacial score (nSPS) is 10.6. The van der Waals surface area contributed by atoms with Crippen molar-refractivity contribution < 1.29 is 9.53 Å². The number of anilines is 3. The number of hydrogen-bond acceptors (Lipinski definition) is 8. The highest BCUT2D eigenvalue weighted by molar-refractivity contribution is 7.14. The van der Waals surface area contributed by atoms with Crippen LogP contribution in [0.3, 0.4) is 0 Å². The lowest BCUT2D eigenvalue weighted by Gasteiger charge is -2.07. The van der Waals surface area contributed by atoms with E-state index in [1.54, 1.807) is 0 Å². The highest BCUT2D eigenvalue weighted by Crippen LogP contribution is 2.24. The van der Waals surface area contributed by atoms with Crippen LogP contribution in [0.2, 0.25) is 0 Å². The van der Waals surface area contributed by atoms with Crippen molar-refractivity contribution in [3.63, 3.8) is 0 Å².